The first-order chi connectivity index (χ1) is 28.1. The number of aliphatic carboxylic acids is 1. The molecule has 0 aromatic heterocycles. The zero-order chi connectivity index (χ0) is 42.8. The average Bonchev–Trinajstić information content (AvgIpc) is 3.20. The van der Waals surface area contributed by atoms with E-state index in [9.17, 15) is 23.8 Å². The highest BCUT2D eigenvalue weighted by atomic mass is 31.2. The average molecular weight is 840 g/mol. The summed E-state index contributed by atoms with van der Waals surface area (Å²) < 4.78 is 32.7. The third kappa shape index (κ3) is 40.2. The van der Waals surface area contributed by atoms with Crippen LogP contribution in [0.25, 0.3) is 0 Å². The van der Waals surface area contributed by atoms with E-state index in [-0.39, 0.29) is 19.4 Å². The highest BCUT2D eigenvalue weighted by Gasteiger charge is 2.28. The lowest BCUT2D eigenvalue weighted by Gasteiger charge is -2.20. The van der Waals surface area contributed by atoms with Gasteiger partial charge in [0.1, 0.15) is 12.6 Å². The first kappa shape index (κ1) is 55.4. The third-order valence-electron chi connectivity index (χ3n) is 9.55. The van der Waals surface area contributed by atoms with Gasteiger partial charge in [-0.05, 0) is 77.0 Å². The number of hydrogen-bond donors (Lipinski definition) is 3. The molecule has 0 saturated heterocycles. The lowest BCUT2D eigenvalue weighted by atomic mass is 10.1. The summed E-state index contributed by atoms with van der Waals surface area (Å²) in [6.45, 7) is 2.74. The minimum absolute atomic E-state index is 0.149. The number of carboxylic acids is 1. The quantitative estimate of drug-likeness (QED) is 0.0231. The Bertz CT molecular complexity index is 1170. The Hall–Kier alpha value is -2.56. The minimum Gasteiger partial charge on any atom is -0.480 e. The van der Waals surface area contributed by atoms with E-state index in [2.05, 4.69) is 67.0 Å². The van der Waals surface area contributed by atoms with Gasteiger partial charge >= 0.3 is 25.7 Å². The lowest BCUT2D eigenvalue weighted by Crippen LogP contribution is -2.34. The summed E-state index contributed by atoms with van der Waals surface area (Å²) in [6.07, 6.45) is 46.0. The summed E-state index contributed by atoms with van der Waals surface area (Å²) in [5.74, 6) is -2.42. The molecule has 0 aliphatic heterocycles. The Balaban J connectivity index is 4.38. The molecule has 12 heteroatoms. The van der Waals surface area contributed by atoms with Crippen molar-refractivity contribution in [1.82, 2.24) is 0 Å². The van der Waals surface area contributed by atoms with Crippen molar-refractivity contribution in [2.24, 2.45) is 5.73 Å². The molecule has 3 atom stereocenters. The van der Waals surface area contributed by atoms with Crippen molar-refractivity contribution in [1.29, 1.82) is 0 Å². The van der Waals surface area contributed by atoms with Gasteiger partial charge in [-0.3, -0.25) is 23.4 Å². The van der Waals surface area contributed by atoms with Crippen LogP contribution in [-0.2, 0) is 37.5 Å². The molecule has 11 nitrogen and oxygen atoms in total. The van der Waals surface area contributed by atoms with E-state index in [4.69, 9.17) is 24.8 Å². The van der Waals surface area contributed by atoms with Gasteiger partial charge in [-0.25, -0.2) is 4.57 Å². The first-order valence-electron chi connectivity index (χ1n) is 22.7. The lowest BCUT2D eigenvalue weighted by molar-refractivity contribution is -0.161. The highest BCUT2D eigenvalue weighted by molar-refractivity contribution is 7.47. The van der Waals surface area contributed by atoms with Crippen LogP contribution in [0, 0.1) is 0 Å². The Labute approximate surface area is 352 Å². The van der Waals surface area contributed by atoms with E-state index in [0.717, 1.165) is 57.8 Å². The summed E-state index contributed by atoms with van der Waals surface area (Å²) in [6, 6.07) is -1.53. The number of ether oxygens (including phenoxy) is 2. The summed E-state index contributed by atoms with van der Waals surface area (Å²) >= 11 is 0. The Kier molecular flexibility index (Phi) is 39.4. The molecule has 0 aliphatic rings. The smallest absolute Gasteiger partial charge is 0.472 e. The number of allylic oxidation sites excluding steroid dienone is 8. The van der Waals surface area contributed by atoms with Gasteiger partial charge in [0.2, 0.25) is 0 Å². The normalized spacial score (nSPS) is 14.1. The van der Waals surface area contributed by atoms with Crippen LogP contribution in [0.4, 0.5) is 0 Å². The van der Waals surface area contributed by atoms with E-state index in [1.807, 2.05) is 0 Å². The Morgan fingerprint density at radius 2 is 0.914 bits per heavy atom. The Morgan fingerprint density at radius 1 is 0.534 bits per heavy atom. The predicted molar refractivity (Wildman–Crippen MR) is 235 cm³/mol. The number of nitrogens with two attached hydrogens (primary N) is 1. The molecular formula is C46H82NO10P. The maximum absolute atomic E-state index is 12.6. The number of hydrogen-bond acceptors (Lipinski definition) is 9. The number of rotatable bonds is 42. The van der Waals surface area contributed by atoms with Crippen molar-refractivity contribution in [3.05, 3.63) is 48.6 Å². The number of esters is 2. The van der Waals surface area contributed by atoms with Crippen LogP contribution in [0.3, 0.4) is 0 Å². The molecule has 1 unspecified atom stereocenters. The van der Waals surface area contributed by atoms with Gasteiger partial charge in [0.05, 0.1) is 13.2 Å². The van der Waals surface area contributed by atoms with Crippen LogP contribution in [0.15, 0.2) is 48.6 Å². The second-order valence-corrected chi connectivity index (χ2v) is 16.6. The van der Waals surface area contributed by atoms with Crippen LogP contribution in [0.2, 0.25) is 0 Å². The van der Waals surface area contributed by atoms with Crippen molar-refractivity contribution < 1.29 is 47.5 Å². The van der Waals surface area contributed by atoms with Gasteiger partial charge in [0.25, 0.3) is 0 Å². The first-order valence-corrected chi connectivity index (χ1v) is 24.2. The van der Waals surface area contributed by atoms with Crippen molar-refractivity contribution in [3.63, 3.8) is 0 Å². The number of unbranched alkanes of at least 4 members (excludes halogenated alkanes) is 20. The molecule has 0 heterocycles. The zero-order valence-corrected chi connectivity index (χ0v) is 37.3. The third-order valence-corrected chi connectivity index (χ3v) is 10.5. The van der Waals surface area contributed by atoms with Crippen molar-refractivity contribution in [2.75, 3.05) is 19.8 Å². The molecule has 0 bridgehead atoms. The summed E-state index contributed by atoms with van der Waals surface area (Å²) in [4.78, 5) is 46.0. The zero-order valence-electron chi connectivity index (χ0n) is 36.4. The predicted octanol–water partition coefficient (Wildman–Crippen LogP) is 12.2. The second kappa shape index (κ2) is 41.2. The fraction of sp³-hybridized carbons (Fsp3) is 0.761. The molecule has 336 valence electrons. The number of phosphoric acid groups is 1. The maximum atomic E-state index is 12.6. The van der Waals surface area contributed by atoms with Crippen molar-refractivity contribution >= 4 is 25.7 Å². The van der Waals surface area contributed by atoms with Crippen molar-refractivity contribution in [3.8, 4) is 0 Å². The number of carboxylic acid groups (broad SMARTS) is 1. The van der Waals surface area contributed by atoms with Gasteiger partial charge in [-0.1, -0.05) is 152 Å². The van der Waals surface area contributed by atoms with E-state index < -0.39 is 51.1 Å². The van der Waals surface area contributed by atoms with Crippen LogP contribution in [-0.4, -0.2) is 59.9 Å². The molecular weight excluding hydrogens is 757 g/mol. The summed E-state index contributed by atoms with van der Waals surface area (Å²) in [5.41, 5.74) is 5.33. The number of phosphoric ester groups is 1. The van der Waals surface area contributed by atoms with Gasteiger partial charge in [0, 0.05) is 12.8 Å². The summed E-state index contributed by atoms with van der Waals surface area (Å²) in [7, 11) is -4.73. The largest absolute Gasteiger partial charge is 0.480 e. The van der Waals surface area contributed by atoms with Gasteiger partial charge in [0.15, 0.2) is 6.10 Å². The molecule has 0 spiro atoms. The van der Waals surface area contributed by atoms with Gasteiger partial charge in [-0.15, -0.1) is 0 Å². The van der Waals surface area contributed by atoms with E-state index in [1.165, 1.54) is 96.3 Å². The van der Waals surface area contributed by atoms with Crippen LogP contribution >= 0.6 is 7.82 Å². The molecule has 4 N–H and O–H groups in total. The molecule has 0 aromatic carbocycles. The molecule has 0 rings (SSSR count). The topological polar surface area (TPSA) is 172 Å². The van der Waals surface area contributed by atoms with E-state index >= 15 is 0 Å². The molecule has 0 aliphatic carbocycles. The highest BCUT2D eigenvalue weighted by Crippen LogP contribution is 2.43. The Morgan fingerprint density at radius 3 is 1.41 bits per heavy atom. The fourth-order valence-electron chi connectivity index (χ4n) is 5.95. The number of carbonyl (C=O) groups excluding carboxylic acids is 2. The minimum atomic E-state index is -4.73. The molecule has 58 heavy (non-hydrogen) atoms. The molecule has 0 amide bonds. The molecule has 0 radical (unpaired) electrons. The fourth-order valence-corrected chi connectivity index (χ4v) is 6.73. The van der Waals surface area contributed by atoms with Crippen LogP contribution in [0.1, 0.15) is 194 Å². The van der Waals surface area contributed by atoms with Gasteiger partial charge in [-0.2, -0.15) is 0 Å². The standard InChI is InChI=1S/C46H82NO10P/c1-3-5-7-9-11-13-15-17-19-20-21-22-24-26-28-30-32-34-36-38-45(49)57-42(40-55-58(52,53)56-41-43(47)46(50)51)39-54-44(48)37-35-33-31-29-27-25-23-18-16-14-12-10-8-6-4-2/h11,13,17-19,23,27,29,42-43H,3-10,12,14-16,20-22,24-26,28,30-41,47H2,1-2H3,(H,50,51)(H,52,53)/b13-11+,19-17+,23-18+,29-27+/t42-,43+/m1/s1. The summed E-state index contributed by atoms with van der Waals surface area (Å²) in [5, 5.41) is 8.89. The molecule has 0 fully saturated rings. The van der Waals surface area contributed by atoms with E-state index in [1.54, 1.807) is 0 Å². The molecule has 0 aromatic rings. The SMILES string of the molecule is CCCCC/C=C/C/C=C/CCCCCCCCCCCC(=O)O[C@H](COC(=O)CCCC/C=C/C/C=C/CCCCCCCC)COP(=O)(O)OC[C@H](N)C(=O)O. The van der Waals surface area contributed by atoms with Gasteiger partial charge < -0.3 is 25.2 Å². The monoisotopic (exact) mass is 840 g/mol. The van der Waals surface area contributed by atoms with Crippen molar-refractivity contribution in [2.45, 2.75) is 206 Å². The van der Waals surface area contributed by atoms with Crippen LogP contribution in [0.5, 0.6) is 0 Å². The second-order valence-electron chi connectivity index (χ2n) is 15.2. The molecule has 0 saturated carbocycles. The maximum Gasteiger partial charge on any atom is 0.472 e. The van der Waals surface area contributed by atoms with E-state index in [0.29, 0.717) is 12.8 Å². The number of carbonyl (C=O) groups is 3. The van der Waals surface area contributed by atoms with Crippen LogP contribution < -0.4 is 5.73 Å².